The van der Waals surface area contributed by atoms with E-state index in [1.807, 2.05) is 30.2 Å². The minimum atomic E-state index is -0.438. The predicted molar refractivity (Wildman–Crippen MR) is 81.4 cm³/mol. The SMILES string of the molecule is C[C@@H]1c2cccn2CCN1C(=O)Cc1ccc([N+](=O)[O-])cc1. The number of rotatable bonds is 3. The highest BCUT2D eigenvalue weighted by molar-refractivity contribution is 5.79. The van der Waals surface area contributed by atoms with Crippen molar-refractivity contribution in [1.82, 2.24) is 9.47 Å². The van der Waals surface area contributed by atoms with Crippen LogP contribution >= 0.6 is 0 Å². The number of non-ortho nitro benzene ring substituents is 1. The number of amides is 1. The van der Waals surface area contributed by atoms with E-state index in [1.54, 1.807) is 12.1 Å². The maximum Gasteiger partial charge on any atom is 0.269 e. The van der Waals surface area contributed by atoms with Crippen LogP contribution in [0.15, 0.2) is 42.6 Å². The van der Waals surface area contributed by atoms with Crippen LogP contribution in [-0.2, 0) is 17.8 Å². The summed E-state index contributed by atoms with van der Waals surface area (Å²) in [6.07, 6.45) is 2.30. The highest BCUT2D eigenvalue weighted by Crippen LogP contribution is 2.26. The third kappa shape index (κ3) is 2.59. The standard InChI is InChI=1S/C16H17N3O3/c1-12-15-3-2-8-17(15)9-10-18(12)16(20)11-13-4-6-14(7-5-13)19(21)22/h2-8,12H,9-11H2,1H3/t12-/m1/s1. The van der Waals surface area contributed by atoms with E-state index >= 15 is 0 Å². The lowest BCUT2D eigenvalue weighted by atomic mass is 10.1. The fraction of sp³-hybridized carbons (Fsp3) is 0.312. The first-order valence-electron chi connectivity index (χ1n) is 7.24. The van der Waals surface area contributed by atoms with E-state index in [-0.39, 0.29) is 24.1 Å². The minimum absolute atomic E-state index is 0.0420. The highest BCUT2D eigenvalue weighted by Gasteiger charge is 2.27. The van der Waals surface area contributed by atoms with Crippen LogP contribution < -0.4 is 0 Å². The summed E-state index contributed by atoms with van der Waals surface area (Å²) in [5.74, 6) is 0.0498. The molecule has 1 atom stereocenters. The number of nitrogens with zero attached hydrogens (tertiary/aromatic N) is 3. The Hall–Kier alpha value is -2.63. The maximum absolute atomic E-state index is 12.5. The lowest BCUT2D eigenvalue weighted by molar-refractivity contribution is -0.384. The van der Waals surface area contributed by atoms with E-state index < -0.39 is 4.92 Å². The van der Waals surface area contributed by atoms with Gasteiger partial charge < -0.3 is 9.47 Å². The third-order valence-corrected chi connectivity index (χ3v) is 4.16. The average molecular weight is 299 g/mol. The lowest BCUT2D eigenvalue weighted by Gasteiger charge is -2.35. The minimum Gasteiger partial charge on any atom is -0.348 e. The lowest BCUT2D eigenvalue weighted by Crippen LogP contribution is -2.41. The van der Waals surface area contributed by atoms with Crippen molar-refractivity contribution in [3.8, 4) is 0 Å². The fourth-order valence-corrected chi connectivity index (χ4v) is 2.93. The highest BCUT2D eigenvalue weighted by atomic mass is 16.6. The van der Waals surface area contributed by atoms with Gasteiger partial charge in [-0.05, 0) is 24.6 Å². The molecule has 1 amide bonds. The van der Waals surface area contributed by atoms with Crippen molar-refractivity contribution in [2.45, 2.75) is 25.9 Å². The molecule has 3 rings (SSSR count). The van der Waals surface area contributed by atoms with Gasteiger partial charge in [0.15, 0.2) is 0 Å². The second-order valence-electron chi connectivity index (χ2n) is 5.49. The number of fused-ring (bicyclic) bond motifs is 1. The van der Waals surface area contributed by atoms with Gasteiger partial charge in [0.25, 0.3) is 5.69 Å². The zero-order valence-electron chi connectivity index (χ0n) is 12.3. The van der Waals surface area contributed by atoms with Crippen LogP contribution in [0.5, 0.6) is 0 Å². The summed E-state index contributed by atoms with van der Waals surface area (Å²) in [7, 11) is 0. The molecule has 0 saturated heterocycles. The number of benzene rings is 1. The number of hydrogen-bond donors (Lipinski definition) is 0. The van der Waals surface area contributed by atoms with Crippen LogP contribution in [0.4, 0.5) is 5.69 Å². The number of nitro benzene ring substituents is 1. The fourth-order valence-electron chi connectivity index (χ4n) is 2.93. The summed E-state index contributed by atoms with van der Waals surface area (Å²) in [6, 6.07) is 10.3. The van der Waals surface area contributed by atoms with Crippen molar-refractivity contribution in [2.24, 2.45) is 0 Å². The van der Waals surface area contributed by atoms with Gasteiger partial charge in [-0.2, -0.15) is 0 Å². The molecule has 0 N–H and O–H groups in total. The first-order chi connectivity index (χ1) is 10.6. The molecule has 1 aromatic carbocycles. The van der Waals surface area contributed by atoms with Crippen molar-refractivity contribution in [1.29, 1.82) is 0 Å². The van der Waals surface area contributed by atoms with Gasteiger partial charge in [-0.1, -0.05) is 12.1 Å². The molecule has 0 bridgehead atoms. The Kier molecular flexibility index (Phi) is 3.66. The third-order valence-electron chi connectivity index (χ3n) is 4.16. The Morgan fingerprint density at radius 2 is 2.00 bits per heavy atom. The summed E-state index contributed by atoms with van der Waals surface area (Å²) in [6.45, 7) is 3.52. The summed E-state index contributed by atoms with van der Waals surface area (Å²) in [5, 5.41) is 10.6. The van der Waals surface area contributed by atoms with Gasteiger partial charge >= 0.3 is 0 Å². The normalized spacial score (nSPS) is 17.1. The van der Waals surface area contributed by atoms with E-state index in [2.05, 4.69) is 4.57 Å². The molecule has 1 aromatic heterocycles. The zero-order valence-corrected chi connectivity index (χ0v) is 12.3. The maximum atomic E-state index is 12.5. The van der Waals surface area contributed by atoms with Crippen LogP contribution in [0.25, 0.3) is 0 Å². The van der Waals surface area contributed by atoms with Crippen LogP contribution in [-0.4, -0.2) is 26.8 Å². The van der Waals surface area contributed by atoms with Gasteiger partial charge in [0.1, 0.15) is 0 Å². The number of aromatic nitrogens is 1. The first kappa shape index (κ1) is 14.3. The molecule has 1 aliphatic rings. The van der Waals surface area contributed by atoms with Crippen molar-refractivity contribution >= 4 is 11.6 Å². The smallest absolute Gasteiger partial charge is 0.269 e. The van der Waals surface area contributed by atoms with Crippen LogP contribution in [0.3, 0.4) is 0 Å². The Bertz CT molecular complexity index is 706. The van der Waals surface area contributed by atoms with Gasteiger partial charge in [0, 0.05) is 37.1 Å². The zero-order chi connectivity index (χ0) is 15.7. The molecule has 0 aliphatic carbocycles. The number of nitro groups is 1. The molecule has 114 valence electrons. The van der Waals surface area contributed by atoms with E-state index in [9.17, 15) is 14.9 Å². The molecule has 2 heterocycles. The first-order valence-corrected chi connectivity index (χ1v) is 7.24. The van der Waals surface area contributed by atoms with Gasteiger partial charge in [0.05, 0.1) is 17.4 Å². The molecule has 0 unspecified atom stereocenters. The quantitative estimate of drug-likeness (QED) is 0.646. The molecule has 1 aliphatic heterocycles. The molecule has 0 spiro atoms. The molecule has 6 nitrogen and oxygen atoms in total. The van der Waals surface area contributed by atoms with Crippen LogP contribution in [0, 0.1) is 10.1 Å². The van der Waals surface area contributed by atoms with Crippen molar-refractivity contribution in [2.75, 3.05) is 6.54 Å². The van der Waals surface area contributed by atoms with E-state index in [0.717, 1.165) is 17.8 Å². The Balaban J connectivity index is 1.71. The number of carbonyl (C=O) groups is 1. The molecule has 6 heteroatoms. The Morgan fingerprint density at radius 1 is 1.27 bits per heavy atom. The molecular formula is C16H17N3O3. The van der Waals surface area contributed by atoms with Gasteiger partial charge in [-0.15, -0.1) is 0 Å². The number of hydrogen-bond acceptors (Lipinski definition) is 3. The largest absolute Gasteiger partial charge is 0.348 e. The summed E-state index contributed by atoms with van der Waals surface area (Å²) in [5.41, 5.74) is 1.98. The summed E-state index contributed by atoms with van der Waals surface area (Å²) in [4.78, 5) is 24.6. The molecular weight excluding hydrogens is 282 g/mol. The Morgan fingerprint density at radius 3 is 2.68 bits per heavy atom. The van der Waals surface area contributed by atoms with Gasteiger partial charge in [0.2, 0.25) is 5.91 Å². The van der Waals surface area contributed by atoms with E-state index in [0.29, 0.717) is 6.54 Å². The summed E-state index contributed by atoms with van der Waals surface area (Å²) >= 11 is 0. The van der Waals surface area contributed by atoms with E-state index in [4.69, 9.17) is 0 Å². The molecule has 0 saturated carbocycles. The predicted octanol–water partition coefficient (Wildman–Crippen LogP) is 2.54. The second-order valence-corrected chi connectivity index (χ2v) is 5.49. The van der Waals surface area contributed by atoms with Gasteiger partial charge in [-0.25, -0.2) is 0 Å². The monoisotopic (exact) mass is 299 g/mol. The van der Waals surface area contributed by atoms with Gasteiger partial charge in [-0.3, -0.25) is 14.9 Å². The topological polar surface area (TPSA) is 68.4 Å². The van der Waals surface area contributed by atoms with Crippen molar-refractivity contribution < 1.29 is 9.72 Å². The molecule has 0 fully saturated rings. The second kappa shape index (κ2) is 5.63. The van der Waals surface area contributed by atoms with E-state index in [1.165, 1.54) is 12.1 Å². The molecule has 2 aromatic rings. The summed E-state index contributed by atoms with van der Waals surface area (Å²) < 4.78 is 2.17. The van der Waals surface area contributed by atoms with Crippen molar-refractivity contribution in [3.05, 3.63) is 64.0 Å². The Labute approximate surface area is 128 Å². The average Bonchev–Trinajstić information content (AvgIpc) is 2.97. The molecule has 0 radical (unpaired) electrons. The van der Waals surface area contributed by atoms with Crippen molar-refractivity contribution in [3.63, 3.8) is 0 Å². The van der Waals surface area contributed by atoms with Crippen LogP contribution in [0.1, 0.15) is 24.2 Å². The van der Waals surface area contributed by atoms with Crippen LogP contribution in [0.2, 0.25) is 0 Å². The number of carbonyl (C=O) groups excluding carboxylic acids is 1. The molecule has 22 heavy (non-hydrogen) atoms.